The Morgan fingerprint density at radius 1 is 1.24 bits per heavy atom. The molecule has 0 aliphatic rings. The van der Waals surface area contributed by atoms with Crippen LogP contribution in [0.25, 0.3) is 22.1 Å². The molecule has 3 aromatic rings. The van der Waals surface area contributed by atoms with Crippen LogP contribution in [0.2, 0.25) is 0 Å². The molecule has 0 spiro atoms. The molecule has 0 saturated heterocycles. The van der Waals surface area contributed by atoms with Gasteiger partial charge in [-0.3, -0.25) is 4.79 Å². The van der Waals surface area contributed by atoms with Crippen LogP contribution < -0.4 is 10.9 Å². The van der Waals surface area contributed by atoms with E-state index in [0.29, 0.717) is 28.5 Å². The molecule has 0 bridgehead atoms. The van der Waals surface area contributed by atoms with Crippen LogP contribution >= 0.6 is 0 Å². The van der Waals surface area contributed by atoms with Gasteiger partial charge in [-0.2, -0.15) is 5.26 Å². The topological polar surface area (TPSA) is 83.1 Å². The molecule has 0 radical (unpaired) electrons. The van der Waals surface area contributed by atoms with Gasteiger partial charge in [-0.25, -0.2) is 9.18 Å². The summed E-state index contributed by atoms with van der Waals surface area (Å²) in [5.74, 6) is -0.472. The maximum Gasteiger partial charge on any atom is 0.390 e. The third kappa shape index (κ3) is 3.49. The van der Waals surface area contributed by atoms with E-state index < -0.39 is 17.5 Å². The third-order valence-corrected chi connectivity index (χ3v) is 3.72. The molecule has 0 aliphatic carbocycles. The van der Waals surface area contributed by atoms with Crippen molar-refractivity contribution >= 4 is 17.4 Å². The highest BCUT2D eigenvalue weighted by molar-refractivity contribution is 5.81. The van der Waals surface area contributed by atoms with E-state index in [4.69, 9.17) is 9.68 Å². The summed E-state index contributed by atoms with van der Waals surface area (Å²) in [6.07, 6.45) is 0.494. The average Bonchev–Trinajstić information content (AvgIpc) is 2.62. The van der Waals surface area contributed by atoms with Crippen LogP contribution in [-0.2, 0) is 11.2 Å². The summed E-state index contributed by atoms with van der Waals surface area (Å²) in [5.41, 5.74) is 1.45. The predicted octanol–water partition coefficient (Wildman–Crippen LogP) is 2.38. The largest absolute Gasteiger partial charge is 0.416 e. The molecule has 0 aliphatic heterocycles. The molecule has 0 fully saturated rings. The van der Waals surface area contributed by atoms with Gasteiger partial charge in [0.05, 0.1) is 11.5 Å². The van der Waals surface area contributed by atoms with Crippen molar-refractivity contribution in [1.29, 1.82) is 5.26 Å². The van der Waals surface area contributed by atoms with Crippen LogP contribution in [0.4, 0.5) is 4.39 Å². The molecule has 25 heavy (non-hydrogen) atoms. The van der Waals surface area contributed by atoms with Crippen molar-refractivity contribution in [2.24, 2.45) is 0 Å². The molecule has 122 valence electrons. The molecule has 3 rings (SSSR count). The van der Waals surface area contributed by atoms with E-state index in [-0.39, 0.29) is 6.42 Å². The Morgan fingerprint density at radius 2 is 2.00 bits per heavy atom. The van der Waals surface area contributed by atoms with Crippen molar-refractivity contribution in [2.45, 2.75) is 12.5 Å². The fourth-order valence-electron chi connectivity index (χ4n) is 2.48. The first-order valence-corrected chi connectivity index (χ1v) is 7.36. The number of carbonyl (C=O) groups is 1. The minimum absolute atomic E-state index is 0.0764. The Balaban J connectivity index is 1.92. The molecular weight excluding hydrogens is 323 g/mol. The third-order valence-electron chi connectivity index (χ3n) is 3.72. The van der Waals surface area contributed by atoms with Gasteiger partial charge in [0.15, 0.2) is 0 Å². The van der Waals surface area contributed by atoms with Crippen LogP contribution in [0, 0.1) is 29.3 Å². The number of rotatable bonds is 5. The molecule has 1 atom stereocenters. The van der Waals surface area contributed by atoms with Crippen molar-refractivity contribution in [1.82, 2.24) is 5.32 Å². The van der Waals surface area contributed by atoms with Gasteiger partial charge in [-0.1, -0.05) is 24.3 Å². The quantitative estimate of drug-likeness (QED) is 0.726. The Kier molecular flexibility index (Phi) is 4.45. The number of benzene rings is 2. The highest BCUT2D eigenvalue weighted by atomic mass is 19.1. The highest BCUT2D eigenvalue weighted by Crippen LogP contribution is 2.25. The molecule has 0 unspecified atom stereocenters. The minimum atomic E-state index is -0.786. The van der Waals surface area contributed by atoms with Crippen LogP contribution in [-0.4, -0.2) is 12.5 Å². The first-order chi connectivity index (χ1) is 12.1. The number of halogens is 1. The lowest BCUT2D eigenvalue weighted by Crippen LogP contribution is -2.28. The maximum atomic E-state index is 14.3. The van der Waals surface area contributed by atoms with Crippen LogP contribution in [0.1, 0.15) is 5.56 Å². The monoisotopic (exact) mass is 334 g/mol. The number of nitriles is 1. The fraction of sp³-hybridized carbons (Fsp3) is 0.105. The zero-order chi connectivity index (χ0) is 17.8. The van der Waals surface area contributed by atoms with Gasteiger partial charge in [0.2, 0.25) is 6.41 Å². The van der Waals surface area contributed by atoms with Gasteiger partial charge in [-0.15, -0.1) is 0 Å². The van der Waals surface area contributed by atoms with Crippen molar-refractivity contribution in [2.75, 3.05) is 0 Å². The summed E-state index contributed by atoms with van der Waals surface area (Å²) in [5, 5.41) is 11.8. The van der Waals surface area contributed by atoms with Gasteiger partial charge in [-0.05, 0) is 34.9 Å². The zero-order valence-corrected chi connectivity index (χ0v) is 12.9. The molecule has 1 amide bonds. The summed E-state index contributed by atoms with van der Waals surface area (Å²) >= 11 is 0. The smallest absolute Gasteiger partial charge is 0.390 e. The number of amides is 1. The second-order valence-electron chi connectivity index (χ2n) is 5.33. The summed E-state index contributed by atoms with van der Waals surface area (Å²) in [6, 6.07) is 15.8. The molecule has 1 heterocycles. The van der Waals surface area contributed by atoms with Gasteiger partial charge in [0.25, 0.3) is 0 Å². The second kappa shape index (κ2) is 6.86. The summed E-state index contributed by atoms with van der Waals surface area (Å²) in [6.45, 7) is 0. The molecule has 6 heteroatoms. The van der Waals surface area contributed by atoms with Crippen LogP contribution in [0.3, 0.4) is 0 Å². The number of nitrogens with zero attached hydrogens (tertiary/aromatic N) is 1. The van der Waals surface area contributed by atoms with E-state index in [9.17, 15) is 14.0 Å². The van der Waals surface area contributed by atoms with Crippen LogP contribution in [0.5, 0.6) is 0 Å². The van der Waals surface area contributed by atoms with Crippen molar-refractivity contribution < 1.29 is 13.6 Å². The Labute approximate surface area is 142 Å². The van der Waals surface area contributed by atoms with E-state index >= 15 is 0 Å². The van der Waals surface area contributed by atoms with E-state index in [0.717, 1.165) is 5.56 Å². The molecule has 2 aromatic carbocycles. The summed E-state index contributed by atoms with van der Waals surface area (Å²) in [4.78, 5) is 21.6. The molecule has 5 nitrogen and oxygen atoms in total. The van der Waals surface area contributed by atoms with E-state index in [1.807, 2.05) is 6.07 Å². The summed E-state index contributed by atoms with van der Waals surface area (Å²) in [7, 11) is 0. The van der Waals surface area contributed by atoms with Gasteiger partial charge < -0.3 is 9.73 Å². The number of hydrogen-bond acceptors (Lipinski definition) is 4. The molecule has 0 saturated carbocycles. The van der Waals surface area contributed by atoms with Crippen LogP contribution in [0.15, 0.2) is 45.6 Å². The predicted molar refractivity (Wildman–Crippen MR) is 87.9 cm³/mol. The lowest BCUT2D eigenvalue weighted by Gasteiger charge is -2.10. The SMILES string of the molecule is N#C[C@H](Cc1ccc(-c2ccc3oc(=O)c#cc3c2)cc1F)NC=O. The standard InChI is InChI=1S/C19H11FN2O3/c20-17-9-13(1-2-14(17)8-16(10-21)22-11-23)12-3-5-18-15(7-12)4-6-19(24)25-18/h1-3,5,7,9,11,16H,8H2,(H,22,23)/t16-/m0/s1. The second-order valence-corrected chi connectivity index (χ2v) is 5.33. The normalized spacial score (nSPS) is 11.4. The maximum absolute atomic E-state index is 14.3. The number of carbonyl (C=O) groups excluding carboxylic acids is 1. The summed E-state index contributed by atoms with van der Waals surface area (Å²) < 4.78 is 19.3. The molecular formula is C19H11FN2O3. The van der Waals surface area contributed by atoms with E-state index in [1.165, 1.54) is 6.07 Å². The first-order valence-electron chi connectivity index (χ1n) is 7.36. The van der Waals surface area contributed by atoms with Crippen molar-refractivity contribution in [3.8, 4) is 17.2 Å². The van der Waals surface area contributed by atoms with Crippen molar-refractivity contribution in [3.63, 3.8) is 0 Å². The van der Waals surface area contributed by atoms with Gasteiger partial charge in [0.1, 0.15) is 17.4 Å². The minimum Gasteiger partial charge on any atom is -0.416 e. The number of hydrogen-bond donors (Lipinski definition) is 1. The fourth-order valence-corrected chi connectivity index (χ4v) is 2.48. The molecule has 1 N–H and O–H groups in total. The van der Waals surface area contributed by atoms with Gasteiger partial charge >= 0.3 is 5.63 Å². The number of fused-ring (bicyclic) bond motifs is 1. The van der Waals surface area contributed by atoms with E-state index in [1.54, 1.807) is 30.3 Å². The lowest BCUT2D eigenvalue weighted by molar-refractivity contribution is -0.109. The average molecular weight is 334 g/mol. The number of nitrogens with one attached hydrogen (secondary N) is 1. The Morgan fingerprint density at radius 3 is 2.72 bits per heavy atom. The Bertz CT molecular complexity index is 1040. The first kappa shape index (κ1) is 16.2. The Hall–Kier alpha value is -3.64. The highest BCUT2D eigenvalue weighted by Gasteiger charge is 2.12. The van der Waals surface area contributed by atoms with Crippen molar-refractivity contribution in [3.05, 3.63) is 70.3 Å². The van der Waals surface area contributed by atoms with E-state index in [2.05, 4.69) is 17.4 Å². The zero-order valence-electron chi connectivity index (χ0n) is 12.9. The lowest BCUT2D eigenvalue weighted by atomic mass is 9.99. The molecule has 1 aromatic heterocycles. The van der Waals surface area contributed by atoms with Gasteiger partial charge in [0, 0.05) is 12.5 Å².